The second-order valence-corrected chi connectivity index (χ2v) is 10.4. The molecule has 0 radical (unpaired) electrons. The second-order valence-electron chi connectivity index (χ2n) is 8.45. The number of rotatable bonds is 15. The smallest absolute Gasteiger partial charge is 0.330 e. The number of nitrogens with one attached hydrogen (secondary N) is 5. The molecule has 1 saturated heterocycles. The Hall–Kier alpha value is -2.79. The summed E-state index contributed by atoms with van der Waals surface area (Å²) >= 11 is 0. The number of nitrogens with two attached hydrogens (primary N) is 2. The summed E-state index contributed by atoms with van der Waals surface area (Å²) in [7, 11) is -4.13. The van der Waals surface area contributed by atoms with Crippen molar-refractivity contribution in [2.75, 3.05) is 45.5 Å². The predicted molar refractivity (Wildman–Crippen MR) is 133 cm³/mol. The molecule has 5 atom stereocenters. The average Bonchev–Trinajstić information content (AvgIpc) is 3.09. The fourth-order valence-corrected chi connectivity index (χ4v) is 4.68. The maximum Gasteiger partial charge on any atom is 0.330 e. The van der Waals surface area contributed by atoms with Crippen LogP contribution in [0.1, 0.15) is 19.1 Å². The highest BCUT2D eigenvalue weighted by Crippen LogP contribution is 2.43. The van der Waals surface area contributed by atoms with E-state index in [0.29, 0.717) is 39.0 Å². The lowest BCUT2D eigenvalue weighted by Crippen LogP contribution is -2.37. The third-order valence-corrected chi connectivity index (χ3v) is 6.85. The molecular weight excluding hydrogens is 513 g/mol. The Labute approximate surface area is 212 Å². The molecule has 18 heteroatoms. The number of ether oxygens (including phenoxy) is 1. The number of hydrogen-bond donors (Lipinski definition) is 10. The van der Waals surface area contributed by atoms with Gasteiger partial charge >= 0.3 is 13.3 Å². The van der Waals surface area contributed by atoms with E-state index in [4.69, 9.17) is 31.5 Å². The zero-order valence-corrected chi connectivity index (χ0v) is 21.1. The van der Waals surface area contributed by atoms with Gasteiger partial charge in [0.15, 0.2) is 18.1 Å². The predicted octanol–water partition coefficient (Wildman–Crippen LogP) is -3.59. The quantitative estimate of drug-likeness (QED) is 0.0439. The molecule has 0 amide bonds. The number of aromatic amines is 1. The number of hydrogen-bond acceptors (Lipinski definition) is 10. The average molecular weight is 550 g/mol. The van der Waals surface area contributed by atoms with Crippen molar-refractivity contribution in [3.05, 3.63) is 33.1 Å². The van der Waals surface area contributed by atoms with Gasteiger partial charge in [0.25, 0.3) is 5.56 Å². The topological polar surface area (TPSA) is 278 Å². The lowest BCUT2D eigenvalue weighted by molar-refractivity contribution is -0.0525. The number of aliphatic hydroxyl groups excluding tert-OH is 2. The van der Waals surface area contributed by atoms with Crippen molar-refractivity contribution in [1.29, 1.82) is 10.8 Å². The fourth-order valence-electron chi connectivity index (χ4n) is 3.63. The SMILES string of the molecule is N=C(N)NCCCN(CCCNC(=N)N)CCP(=O)(O)OC[C@H]1O[C@@H](n2ccc(=O)[nH]c2=O)[C@@H](O)C1O. The van der Waals surface area contributed by atoms with Crippen LogP contribution in [0.5, 0.6) is 0 Å². The molecule has 12 N–H and O–H groups in total. The molecule has 1 aromatic rings. The Morgan fingerprint density at radius 1 is 1.14 bits per heavy atom. The number of guanidine groups is 2. The van der Waals surface area contributed by atoms with Crippen LogP contribution in [0, 0.1) is 10.8 Å². The number of aromatic nitrogens is 2. The zero-order chi connectivity index (χ0) is 27.6. The molecule has 0 aliphatic carbocycles. The monoisotopic (exact) mass is 549 g/mol. The maximum absolute atomic E-state index is 12.6. The van der Waals surface area contributed by atoms with Crippen molar-refractivity contribution in [3.63, 3.8) is 0 Å². The van der Waals surface area contributed by atoms with Gasteiger partial charge < -0.3 is 51.4 Å². The molecule has 0 saturated carbocycles. The normalized spacial score (nSPS) is 23.0. The summed E-state index contributed by atoms with van der Waals surface area (Å²) < 4.78 is 24.2. The van der Waals surface area contributed by atoms with Crippen LogP contribution in [0.15, 0.2) is 21.9 Å². The third-order valence-electron chi connectivity index (χ3n) is 5.53. The van der Waals surface area contributed by atoms with Gasteiger partial charge in [-0.15, -0.1) is 0 Å². The largest absolute Gasteiger partial charge is 0.387 e. The summed E-state index contributed by atoms with van der Waals surface area (Å²) in [6.07, 6.45) is -3.49. The first kappa shape index (κ1) is 30.4. The molecule has 0 spiro atoms. The van der Waals surface area contributed by atoms with Crippen LogP contribution in [0.2, 0.25) is 0 Å². The van der Waals surface area contributed by atoms with Crippen LogP contribution in [-0.2, 0) is 13.8 Å². The molecule has 37 heavy (non-hydrogen) atoms. The van der Waals surface area contributed by atoms with Crippen molar-refractivity contribution in [2.45, 2.75) is 37.4 Å². The summed E-state index contributed by atoms with van der Waals surface area (Å²) in [6, 6.07) is 1.05. The number of H-pyrrole nitrogens is 1. The van der Waals surface area contributed by atoms with Gasteiger partial charge in [0.2, 0.25) is 0 Å². The molecule has 2 heterocycles. The molecule has 0 bridgehead atoms. The van der Waals surface area contributed by atoms with Gasteiger partial charge in [-0.1, -0.05) is 0 Å². The summed E-state index contributed by atoms with van der Waals surface area (Å²) in [5.74, 6) is -0.306. The summed E-state index contributed by atoms with van der Waals surface area (Å²) in [5.41, 5.74) is 9.04. The Balaban J connectivity index is 1.89. The van der Waals surface area contributed by atoms with E-state index in [1.807, 2.05) is 9.88 Å². The molecule has 2 unspecified atom stereocenters. The molecule has 0 aromatic carbocycles. The minimum Gasteiger partial charge on any atom is -0.387 e. The Kier molecular flexibility index (Phi) is 11.7. The standard InChI is InChI=1S/C19H36N9O8P/c20-17(21)24-4-1-6-27(7-2-5-25-18(22)23)9-10-37(33,34)35-11-12-14(30)15(31)16(36-12)28-8-3-13(29)26-19(28)32/h3,8,12,14-16,30-31H,1-2,4-7,9-11H2,(H,33,34)(H4,20,21,24)(H4,22,23,25)(H,26,29,32)/t12-,14?,15+,16-/m1/s1. The van der Waals surface area contributed by atoms with E-state index >= 15 is 0 Å². The van der Waals surface area contributed by atoms with Crippen molar-refractivity contribution in [2.24, 2.45) is 11.5 Å². The van der Waals surface area contributed by atoms with Crippen LogP contribution in [-0.4, -0.2) is 105 Å². The first-order valence-corrected chi connectivity index (χ1v) is 13.3. The van der Waals surface area contributed by atoms with E-state index in [0.717, 1.165) is 16.8 Å². The molecule has 1 aliphatic rings. The van der Waals surface area contributed by atoms with E-state index in [-0.39, 0.29) is 24.6 Å². The Bertz CT molecular complexity index is 1040. The van der Waals surface area contributed by atoms with E-state index in [2.05, 4.69) is 10.6 Å². The van der Waals surface area contributed by atoms with Crippen molar-refractivity contribution in [1.82, 2.24) is 25.1 Å². The molecule has 1 aliphatic heterocycles. The van der Waals surface area contributed by atoms with E-state index < -0.39 is 50.0 Å². The van der Waals surface area contributed by atoms with Gasteiger partial charge in [-0.25, -0.2) is 4.79 Å². The highest BCUT2D eigenvalue weighted by Gasteiger charge is 2.45. The molecular formula is C19H36N9O8P. The number of aliphatic hydroxyl groups is 2. The van der Waals surface area contributed by atoms with Crippen LogP contribution >= 0.6 is 7.60 Å². The van der Waals surface area contributed by atoms with Crippen LogP contribution in [0.3, 0.4) is 0 Å². The first-order valence-electron chi connectivity index (χ1n) is 11.6. The van der Waals surface area contributed by atoms with Crippen molar-refractivity contribution >= 4 is 19.5 Å². The molecule has 1 aromatic heterocycles. The molecule has 17 nitrogen and oxygen atoms in total. The fraction of sp³-hybridized carbons (Fsp3) is 0.684. The first-order chi connectivity index (χ1) is 17.4. The van der Waals surface area contributed by atoms with Gasteiger partial charge in [-0.2, -0.15) is 0 Å². The van der Waals surface area contributed by atoms with E-state index in [1.54, 1.807) is 0 Å². The van der Waals surface area contributed by atoms with E-state index in [9.17, 15) is 29.3 Å². The van der Waals surface area contributed by atoms with Crippen molar-refractivity contribution < 1.29 is 28.9 Å². The highest BCUT2D eigenvalue weighted by molar-refractivity contribution is 7.52. The Morgan fingerprint density at radius 3 is 2.27 bits per heavy atom. The maximum atomic E-state index is 12.6. The van der Waals surface area contributed by atoms with Gasteiger partial charge in [0, 0.05) is 31.9 Å². The summed E-state index contributed by atoms with van der Waals surface area (Å²) in [5, 5.41) is 40.3. The number of nitrogens with zero attached hydrogens (tertiary/aromatic N) is 2. The van der Waals surface area contributed by atoms with Crippen LogP contribution in [0.25, 0.3) is 0 Å². The summed E-state index contributed by atoms with van der Waals surface area (Å²) in [4.78, 5) is 37.5. The van der Waals surface area contributed by atoms with Gasteiger partial charge in [-0.3, -0.25) is 29.7 Å². The minimum atomic E-state index is -4.13. The third kappa shape index (κ3) is 10.2. The second kappa shape index (κ2) is 14.2. The van der Waals surface area contributed by atoms with E-state index in [1.165, 1.54) is 0 Å². The van der Waals surface area contributed by atoms with Crippen molar-refractivity contribution in [3.8, 4) is 0 Å². The van der Waals surface area contributed by atoms with Gasteiger partial charge in [0.1, 0.15) is 18.3 Å². The van der Waals surface area contributed by atoms with Crippen LogP contribution < -0.4 is 33.3 Å². The van der Waals surface area contributed by atoms with Crippen LogP contribution in [0.4, 0.5) is 0 Å². The Morgan fingerprint density at radius 2 is 1.73 bits per heavy atom. The zero-order valence-electron chi connectivity index (χ0n) is 20.2. The van der Waals surface area contributed by atoms with Gasteiger partial charge in [0.05, 0.1) is 12.8 Å². The lowest BCUT2D eigenvalue weighted by atomic mass is 10.1. The van der Waals surface area contributed by atoms with Gasteiger partial charge in [-0.05, 0) is 25.9 Å². The molecule has 1 fully saturated rings. The molecule has 2 rings (SSSR count). The minimum absolute atomic E-state index is 0.153. The highest BCUT2D eigenvalue weighted by atomic mass is 31.2. The molecule has 210 valence electrons. The lowest BCUT2D eigenvalue weighted by Gasteiger charge is -2.24. The summed E-state index contributed by atoms with van der Waals surface area (Å²) in [6.45, 7) is 1.64.